The third-order valence-electron chi connectivity index (χ3n) is 4.19. The number of rotatable bonds is 8. The van der Waals surface area contributed by atoms with E-state index in [1.165, 1.54) is 20.5 Å². The van der Waals surface area contributed by atoms with E-state index in [2.05, 4.69) is 70.8 Å². The van der Waals surface area contributed by atoms with E-state index in [4.69, 9.17) is 10.7 Å². The monoisotopic (exact) mass is 529 g/mol. The molecule has 2 aromatic heterocycles. The molecular formula is C19H24IN5OS2. The molecule has 3 aromatic rings. The molecule has 9 heteroatoms. The molecule has 0 aliphatic rings. The minimum Gasteiger partial charge on any atom is -0.394 e. The van der Waals surface area contributed by atoms with Gasteiger partial charge in [0, 0.05) is 8.82 Å². The number of aliphatic hydroxyl groups is 1. The van der Waals surface area contributed by atoms with Gasteiger partial charge in [0.15, 0.2) is 21.8 Å². The van der Waals surface area contributed by atoms with Gasteiger partial charge in [0.2, 0.25) is 0 Å². The molecule has 4 N–H and O–H groups in total. The smallest absolute Gasteiger partial charge is 0.192 e. The van der Waals surface area contributed by atoms with Crippen LogP contribution >= 0.6 is 45.7 Å². The van der Waals surface area contributed by atoms with E-state index >= 15 is 0 Å². The minimum atomic E-state index is -0.0771. The maximum atomic E-state index is 9.76. The Hall–Kier alpha value is -1.17. The van der Waals surface area contributed by atoms with Gasteiger partial charge >= 0.3 is 0 Å². The Morgan fingerprint density at radius 3 is 2.64 bits per heavy atom. The second-order valence-electron chi connectivity index (χ2n) is 6.99. The van der Waals surface area contributed by atoms with E-state index in [1.54, 1.807) is 11.8 Å². The quantitative estimate of drug-likeness (QED) is 0.216. The van der Waals surface area contributed by atoms with Crippen molar-refractivity contribution in [3.05, 3.63) is 33.4 Å². The SMILES string of the molecule is CC(C)C[C@H](CO)Nc1nc(S[C@@H](C)c2ccccc2I)nc2nc(N)sc12. The van der Waals surface area contributed by atoms with Gasteiger partial charge in [-0.25, -0.2) is 15.0 Å². The second kappa shape index (κ2) is 9.55. The number of fused-ring (bicyclic) bond motifs is 1. The normalized spacial score (nSPS) is 13.8. The first kappa shape index (κ1) is 21.5. The van der Waals surface area contributed by atoms with Crippen molar-refractivity contribution in [3.8, 4) is 0 Å². The predicted octanol–water partition coefficient (Wildman–Crippen LogP) is 4.95. The fraction of sp³-hybridized carbons (Fsp3) is 0.421. The molecule has 1 aromatic carbocycles. The van der Waals surface area contributed by atoms with Crippen LogP contribution in [0.1, 0.15) is 38.0 Å². The summed E-state index contributed by atoms with van der Waals surface area (Å²) in [6.45, 7) is 6.45. The highest BCUT2D eigenvalue weighted by molar-refractivity contribution is 14.1. The van der Waals surface area contributed by atoms with Gasteiger partial charge in [0.05, 0.1) is 12.6 Å². The van der Waals surface area contributed by atoms with Crippen LogP contribution in [0.2, 0.25) is 0 Å². The number of hydrogen-bond donors (Lipinski definition) is 3. The zero-order chi connectivity index (χ0) is 20.3. The molecule has 0 spiro atoms. The van der Waals surface area contributed by atoms with Gasteiger partial charge < -0.3 is 16.2 Å². The Balaban J connectivity index is 1.92. The van der Waals surface area contributed by atoms with Crippen molar-refractivity contribution in [2.45, 2.75) is 43.6 Å². The molecule has 3 rings (SSSR count). The van der Waals surface area contributed by atoms with Crippen LogP contribution in [0.25, 0.3) is 10.3 Å². The summed E-state index contributed by atoms with van der Waals surface area (Å²) in [6.07, 6.45) is 0.845. The summed E-state index contributed by atoms with van der Waals surface area (Å²) >= 11 is 5.31. The number of halogens is 1. The summed E-state index contributed by atoms with van der Waals surface area (Å²) in [7, 11) is 0. The Morgan fingerprint density at radius 1 is 1.21 bits per heavy atom. The van der Waals surface area contributed by atoms with Crippen molar-refractivity contribution in [2.24, 2.45) is 5.92 Å². The highest BCUT2D eigenvalue weighted by Gasteiger charge is 2.19. The van der Waals surface area contributed by atoms with Gasteiger partial charge in [0.1, 0.15) is 4.70 Å². The largest absolute Gasteiger partial charge is 0.394 e. The number of aromatic nitrogens is 3. The van der Waals surface area contributed by atoms with E-state index in [0.717, 1.165) is 11.1 Å². The van der Waals surface area contributed by atoms with Crippen LogP contribution in [0.5, 0.6) is 0 Å². The third kappa shape index (κ3) is 5.25. The van der Waals surface area contributed by atoms with Crippen molar-refractivity contribution >= 4 is 67.0 Å². The van der Waals surface area contributed by atoms with E-state index in [1.807, 2.05) is 12.1 Å². The van der Waals surface area contributed by atoms with Crippen LogP contribution in [-0.2, 0) is 0 Å². The molecule has 0 aliphatic carbocycles. The van der Waals surface area contributed by atoms with Gasteiger partial charge in [-0.2, -0.15) is 0 Å². The summed E-state index contributed by atoms with van der Waals surface area (Å²) in [5.74, 6) is 1.15. The van der Waals surface area contributed by atoms with Crippen molar-refractivity contribution in [1.82, 2.24) is 15.0 Å². The number of aliphatic hydroxyl groups excluding tert-OH is 1. The minimum absolute atomic E-state index is 0.0407. The van der Waals surface area contributed by atoms with Crippen LogP contribution in [0.4, 0.5) is 10.9 Å². The van der Waals surface area contributed by atoms with Gasteiger partial charge in [-0.1, -0.05) is 55.1 Å². The number of nitrogens with one attached hydrogen (secondary N) is 1. The van der Waals surface area contributed by atoms with Crippen molar-refractivity contribution < 1.29 is 5.11 Å². The summed E-state index contributed by atoms with van der Waals surface area (Å²) in [4.78, 5) is 13.7. The van der Waals surface area contributed by atoms with E-state index in [9.17, 15) is 5.11 Å². The lowest BCUT2D eigenvalue weighted by Gasteiger charge is -2.19. The Labute approximate surface area is 186 Å². The lowest BCUT2D eigenvalue weighted by Crippen LogP contribution is -2.26. The number of nitrogens with zero attached hydrogens (tertiary/aromatic N) is 3. The predicted molar refractivity (Wildman–Crippen MR) is 127 cm³/mol. The first-order valence-electron chi connectivity index (χ1n) is 9.10. The molecule has 0 radical (unpaired) electrons. The van der Waals surface area contributed by atoms with E-state index < -0.39 is 0 Å². The first-order chi connectivity index (χ1) is 13.4. The van der Waals surface area contributed by atoms with Gasteiger partial charge in [-0.3, -0.25) is 0 Å². The Kier molecular flexibility index (Phi) is 7.35. The summed E-state index contributed by atoms with van der Waals surface area (Å²) in [5.41, 5.74) is 7.76. The lowest BCUT2D eigenvalue weighted by atomic mass is 10.0. The molecule has 2 heterocycles. The molecule has 28 heavy (non-hydrogen) atoms. The molecule has 0 saturated heterocycles. The number of nitrogen functional groups attached to an aromatic ring is 1. The van der Waals surface area contributed by atoms with Gasteiger partial charge in [-0.15, -0.1) is 0 Å². The number of thioether (sulfide) groups is 1. The topological polar surface area (TPSA) is 97.0 Å². The van der Waals surface area contributed by atoms with Crippen molar-refractivity contribution in [2.75, 3.05) is 17.7 Å². The van der Waals surface area contributed by atoms with Crippen LogP contribution < -0.4 is 11.1 Å². The molecule has 0 fully saturated rings. The average Bonchev–Trinajstić information content (AvgIpc) is 3.01. The number of hydrogen-bond acceptors (Lipinski definition) is 8. The average molecular weight is 529 g/mol. The molecule has 0 unspecified atom stereocenters. The highest BCUT2D eigenvalue weighted by Crippen LogP contribution is 2.38. The summed E-state index contributed by atoms with van der Waals surface area (Å²) in [5, 5.41) is 14.4. The zero-order valence-electron chi connectivity index (χ0n) is 16.0. The van der Waals surface area contributed by atoms with Crippen LogP contribution in [0.3, 0.4) is 0 Å². The lowest BCUT2D eigenvalue weighted by molar-refractivity contribution is 0.259. The summed E-state index contributed by atoms with van der Waals surface area (Å²) < 4.78 is 2.04. The fourth-order valence-corrected chi connectivity index (χ4v) is 5.66. The number of thiazole rings is 1. The molecule has 2 atom stereocenters. The molecule has 6 nitrogen and oxygen atoms in total. The van der Waals surface area contributed by atoms with Crippen molar-refractivity contribution in [3.63, 3.8) is 0 Å². The van der Waals surface area contributed by atoms with Crippen LogP contribution in [-0.4, -0.2) is 32.7 Å². The van der Waals surface area contributed by atoms with E-state index in [-0.39, 0.29) is 17.9 Å². The molecule has 0 aliphatic heterocycles. The van der Waals surface area contributed by atoms with Gasteiger partial charge in [0.25, 0.3) is 0 Å². The molecule has 0 saturated carbocycles. The molecule has 150 valence electrons. The first-order valence-corrected chi connectivity index (χ1v) is 11.9. The fourth-order valence-electron chi connectivity index (χ4n) is 2.94. The maximum absolute atomic E-state index is 9.76. The highest BCUT2D eigenvalue weighted by atomic mass is 127. The molecular weight excluding hydrogens is 505 g/mol. The summed E-state index contributed by atoms with van der Waals surface area (Å²) in [6, 6.07) is 8.23. The van der Waals surface area contributed by atoms with E-state index in [0.29, 0.717) is 27.7 Å². The molecule has 0 bridgehead atoms. The van der Waals surface area contributed by atoms with Crippen LogP contribution in [0, 0.1) is 9.49 Å². The Morgan fingerprint density at radius 2 is 1.96 bits per heavy atom. The number of nitrogens with two attached hydrogens (primary N) is 1. The number of anilines is 2. The number of benzene rings is 1. The van der Waals surface area contributed by atoms with Crippen molar-refractivity contribution in [1.29, 1.82) is 0 Å². The third-order valence-corrected chi connectivity index (χ3v) is 7.06. The zero-order valence-corrected chi connectivity index (χ0v) is 19.8. The van der Waals surface area contributed by atoms with Gasteiger partial charge in [-0.05, 0) is 53.5 Å². The molecule has 0 amide bonds. The standard InChI is InChI=1S/C19H24IN5OS2/c1-10(2)8-12(9-26)22-16-15-17(23-18(21)28-15)25-19(24-16)27-11(3)13-6-4-5-7-14(13)20/h4-7,10-12,26H,8-9H2,1-3H3,(H3,21,22,23,24,25)/t11-,12+/m0/s1. The second-order valence-corrected chi connectivity index (χ2v) is 10.5. The maximum Gasteiger partial charge on any atom is 0.192 e. The van der Waals surface area contributed by atoms with Crippen LogP contribution in [0.15, 0.2) is 29.4 Å². The Bertz CT molecular complexity index is 949.